The van der Waals surface area contributed by atoms with E-state index in [0.717, 1.165) is 12.2 Å². The molecule has 2 nitrogen and oxygen atoms in total. The molecule has 0 aliphatic carbocycles. The van der Waals surface area contributed by atoms with E-state index in [2.05, 4.69) is 44.2 Å². The van der Waals surface area contributed by atoms with E-state index in [4.69, 9.17) is 10.5 Å². The molecule has 2 aromatic rings. The normalized spacial score (nSPS) is 12.4. The van der Waals surface area contributed by atoms with Gasteiger partial charge in [0, 0.05) is 5.92 Å². The van der Waals surface area contributed by atoms with Crippen molar-refractivity contribution in [3.63, 3.8) is 0 Å². The molecule has 0 fully saturated rings. The predicted octanol–water partition coefficient (Wildman–Crippen LogP) is 4.10. The number of para-hydroxylation sites is 1. The minimum atomic E-state index is 0.283. The van der Waals surface area contributed by atoms with E-state index in [1.54, 1.807) is 7.11 Å². The molecule has 1 unspecified atom stereocenters. The maximum absolute atomic E-state index is 6.00. The molecule has 0 spiro atoms. The van der Waals surface area contributed by atoms with Crippen LogP contribution in [-0.2, 0) is 6.42 Å². The molecule has 0 amide bonds. The van der Waals surface area contributed by atoms with Gasteiger partial charge in [0.15, 0.2) is 0 Å². The van der Waals surface area contributed by atoms with Crippen LogP contribution in [-0.4, -0.2) is 13.7 Å². The monoisotopic (exact) mass is 283 g/mol. The van der Waals surface area contributed by atoms with Crippen LogP contribution in [0.15, 0.2) is 48.5 Å². The lowest BCUT2D eigenvalue weighted by Gasteiger charge is -2.18. The van der Waals surface area contributed by atoms with E-state index in [9.17, 15) is 0 Å². The first-order chi connectivity index (χ1) is 10.2. The fourth-order valence-corrected chi connectivity index (χ4v) is 2.65. The van der Waals surface area contributed by atoms with Gasteiger partial charge in [-0.15, -0.1) is 0 Å². The van der Waals surface area contributed by atoms with E-state index in [0.29, 0.717) is 12.5 Å². The number of hydrogen-bond donors (Lipinski definition) is 1. The van der Waals surface area contributed by atoms with E-state index in [-0.39, 0.29) is 5.92 Å². The molecule has 0 aliphatic rings. The number of nitrogens with two attached hydrogens (primary N) is 1. The summed E-state index contributed by atoms with van der Waals surface area (Å²) in [5, 5.41) is 0. The highest BCUT2D eigenvalue weighted by Crippen LogP contribution is 2.28. The molecule has 0 aliphatic heterocycles. The lowest BCUT2D eigenvalue weighted by atomic mass is 9.90. The zero-order valence-electron chi connectivity index (χ0n) is 13.2. The van der Waals surface area contributed by atoms with Crippen LogP contribution in [0, 0.1) is 0 Å². The third-order valence-corrected chi connectivity index (χ3v) is 3.99. The van der Waals surface area contributed by atoms with Crippen molar-refractivity contribution < 1.29 is 4.74 Å². The topological polar surface area (TPSA) is 35.2 Å². The standard InChI is InChI=1S/C19H25NO/c1-14(2)16-10-8-15(9-11-16)12-17(13-20)18-6-4-5-7-19(18)21-3/h4-11,14,17H,12-13,20H2,1-3H3. The molecule has 112 valence electrons. The maximum Gasteiger partial charge on any atom is 0.122 e. The van der Waals surface area contributed by atoms with Crippen LogP contribution < -0.4 is 10.5 Å². The number of hydrogen-bond acceptors (Lipinski definition) is 2. The quantitative estimate of drug-likeness (QED) is 0.866. The van der Waals surface area contributed by atoms with Gasteiger partial charge < -0.3 is 10.5 Å². The van der Waals surface area contributed by atoms with Crippen molar-refractivity contribution in [3.8, 4) is 5.75 Å². The van der Waals surface area contributed by atoms with Crippen LogP contribution in [0.5, 0.6) is 5.75 Å². The van der Waals surface area contributed by atoms with Crippen LogP contribution in [0.4, 0.5) is 0 Å². The molecule has 0 saturated carbocycles. The van der Waals surface area contributed by atoms with Crippen molar-refractivity contribution >= 4 is 0 Å². The second kappa shape index (κ2) is 7.28. The van der Waals surface area contributed by atoms with Gasteiger partial charge in [-0.25, -0.2) is 0 Å². The molecule has 0 radical (unpaired) electrons. The van der Waals surface area contributed by atoms with E-state index in [1.807, 2.05) is 18.2 Å². The summed E-state index contributed by atoms with van der Waals surface area (Å²) in [6.07, 6.45) is 0.940. The summed E-state index contributed by atoms with van der Waals surface area (Å²) in [4.78, 5) is 0. The highest BCUT2D eigenvalue weighted by Gasteiger charge is 2.15. The van der Waals surface area contributed by atoms with Crippen molar-refractivity contribution in [3.05, 3.63) is 65.2 Å². The Morgan fingerprint density at radius 1 is 1.00 bits per heavy atom. The van der Waals surface area contributed by atoms with Crippen molar-refractivity contribution in [2.24, 2.45) is 5.73 Å². The van der Waals surface area contributed by atoms with Gasteiger partial charge in [0.25, 0.3) is 0 Å². The minimum Gasteiger partial charge on any atom is -0.496 e. The third kappa shape index (κ3) is 3.85. The number of rotatable bonds is 6. The van der Waals surface area contributed by atoms with Gasteiger partial charge in [0.2, 0.25) is 0 Å². The summed E-state index contributed by atoms with van der Waals surface area (Å²) < 4.78 is 5.46. The Kier molecular flexibility index (Phi) is 5.40. The SMILES string of the molecule is COc1ccccc1C(CN)Cc1ccc(C(C)C)cc1. The highest BCUT2D eigenvalue weighted by atomic mass is 16.5. The van der Waals surface area contributed by atoms with Gasteiger partial charge >= 0.3 is 0 Å². The van der Waals surface area contributed by atoms with Crippen molar-refractivity contribution in [2.45, 2.75) is 32.1 Å². The summed E-state index contributed by atoms with van der Waals surface area (Å²) in [6.45, 7) is 5.05. The number of ether oxygens (including phenoxy) is 1. The number of benzene rings is 2. The van der Waals surface area contributed by atoms with Gasteiger partial charge in [0.1, 0.15) is 5.75 Å². The van der Waals surface area contributed by atoms with Crippen LogP contribution >= 0.6 is 0 Å². The molecular weight excluding hydrogens is 258 g/mol. The molecule has 0 bridgehead atoms. The third-order valence-electron chi connectivity index (χ3n) is 3.99. The van der Waals surface area contributed by atoms with E-state index >= 15 is 0 Å². The Morgan fingerprint density at radius 2 is 1.67 bits per heavy atom. The van der Waals surface area contributed by atoms with Gasteiger partial charge in [-0.05, 0) is 41.6 Å². The highest BCUT2D eigenvalue weighted by molar-refractivity contribution is 5.38. The lowest BCUT2D eigenvalue weighted by Crippen LogP contribution is -2.16. The first kappa shape index (κ1) is 15.6. The zero-order valence-corrected chi connectivity index (χ0v) is 13.2. The molecule has 2 aromatic carbocycles. The van der Waals surface area contributed by atoms with Gasteiger partial charge in [-0.3, -0.25) is 0 Å². The average molecular weight is 283 g/mol. The Bertz CT molecular complexity index is 560. The van der Waals surface area contributed by atoms with Crippen LogP contribution in [0.1, 0.15) is 42.4 Å². The zero-order chi connectivity index (χ0) is 15.2. The Morgan fingerprint density at radius 3 is 2.24 bits per heavy atom. The molecule has 0 saturated heterocycles. The molecule has 21 heavy (non-hydrogen) atoms. The minimum absolute atomic E-state index is 0.283. The molecule has 2 heteroatoms. The van der Waals surface area contributed by atoms with E-state index in [1.165, 1.54) is 16.7 Å². The fraction of sp³-hybridized carbons (Fsp3) is 0.368. The summed E-state index contributed by atoms with van der Waals surface area (Å²) in [5.74, 6) is 1.77. The second-order valence-electron chi connectivity index (χ2n) is 5.77. The Balaban J connectivity index is 2.19. The van der Waals surface area contributed by atoms with Crippen LogP contribution in [0.2, 0.25) is 0 Å². The predicted molar refractivity (Wildman–Crippen MR) is 89.0 cm³/mol. The second-order valence-corrected chi connectivity index (χ2v) is 5.77. The summed E-state index contributed by atoms with van der Waals surface area (Å²) in [7, 11) is 1.71. The van der Waals surface area contributed by atoms with Crippen molar-refractivity contribution in [1.82, 2.24) is 0 Å². The van der Waals surface area contributed by atoms with Crippen LogP contribution in [0.25, 0.3) is 0 Å². The Hall–Kier alpha value is -1.80. The molecular formula is C19H25NO. The molecule has 1 atom stereocenters. The first-order valence-electron chi connectivity index (χ1n) is 7.57. The summed E-state index contributed by atoms with van der Waals surface area (Å²) >= 11 is 0. The van der Waals surface area contributed by atoms with Gasteiger partial charge in [0.05, 0.1) is 7.11 Å². The fourth-order valence-electron chi connectivity index (χ4n) is 2.65. The summed E-state index contributed by atoms with van der Waals surface area (Å²) in [5.41, 5.74) is 9.88. The van der Waals surface area contributed by atoms with Crippen molar-refractivity contribution in [1.29, 1.82) is 0 Å². The molecule has 0 aromatic heterocycles. The van der Waals surface area contributed by atoms with Crippen molar-refractivity contribution in [2.75, 3.05) is 13.7 Å². The molecule has 2 rings (SSSR count). The number of methoxy groups -OCH3 is 1. The summed E-state index contributed by atoms with van der Waals surface area (Å²) in [6, 6.07) is 17.0. The maximum atomic E-state index is 6.00. The molecule has 2 N–H and O–H groups in total. The average Bonchev–Trinajstić information content (AvgIpc) is 2.53. The Labute approximate surface area is 127 Å². The van der Waals surface area contributed by atoms with Gasteiger partial charge in [-0.1, -0.05) is 56.3 Å². The first-order valence-corrected chi connectivity index (χ1v) is 7.57. The molecule has 0 heterocycles. The van der Waals surface area contributed by atoms with Crippen LogP contribution in [0.3, 0.4) is 0 Å². The smallest absolute Gasteiger partial charge is 0.122 e. The van der Waals surface area contributed by atoms with Gasteiger partial charge in [-0.2, -0.15) is 0 Å². The van der Waals surface area contributed by atoms with E-state index < -0.39 is 0 Å². The lowest BCUT2D eigenvalue weighted by molar-refractivity contribution is 0.405. The largest absolute Gasteiger partial charge is 0.496 e.